The molecule has 0 aliphatic carbocycles. The summed E-state index contributed by atoms with van der Waals surface area (Å²) in [6.07, 6.45) is 26.5. The minimum atomic E-state index is -0.0855. The van der Waals surface area contributed by atoms with Crippen LogP contribution < -0.4 is 14.9 Å². The van der Waals surface area contributed by atoms with Crippen LogP contribution in [0.15, 0.2) is 47.4 Å². The standard InChI is InChI=1S/C32H49NO3/c1-4-5-6-7-8-9-10-11-12-13-14-15-16-17-18-19-25-33-26-24-31(34)32(28(33)2)36-27-29-20-22-30(35-3)23-21-29/h19-26H,4-18,27H2,1-3H3. The highest BCUT2D eigenvalue weighted by molar-refractivity contribution is 5.36. The van der Waals surface area contributed by atoms with Crippen LogP contribution in [0.1, 0.15) is 114 Å². The van der Waals surface area contributed by atoms with Crippen molar-refractivity contribution in [1.82, 2.24) is 4.57 Å². The number of rotatable bonds is 20. The zero-order valence-corrected chi connectivity index (χ0v) is 23.1. The largest absolute Gasteiger partial charge is 0.497 e. The number of ether oxygens (including phenoxy) is 2. The summed E-state index contributed by atoms with van der Waals surface area (Å²) in [5.74, 6) is 1.22. The molecule has 0 fully saturated rings. The van der Waals surface area contributed by atoms with Crippen LogP contribution in [0, 0.1) is 6.92 Å². The maximum Gasteiger partial charge on any atom is 0.223 e. The maximum absolute atomic E-state index is 12.4. The smallest absolute Gasteiger partial charge is 0.223 e. The molecule has 0 N–H and O–H groups in total. The van der Waals surface area contributed by atoms with Crippen molar-refractivity contribution in [3.63, 3.8) is 0 Å². The van der Waals surface area contributed by atoms with Crippen molar-refractivity contribution in [2.24, 2.45) is 0 Å². The van der Waals surface area contributed by atoms with Crippen molar-refractivity contribution in [2.75, 3.05) is 7.11 Å². The van der Waals surface area contributed by atoms with Gasteiger partial charge >= 0.3 is 0 Å². The number of hydrogen-bond acceptors (Lipinski definition) is 3. The lowest BCUT2D eigenvalue weighted by atomic mass is 10.0. The van der Waals surface area contributed by atoms with Gasteiger partial charge in [0.05, 0.1) is 12.8 Å². The Morgan fingerprint density at radius 1 is 0.778 bits per heavy atom. The number of allylic oxidation sites excluding steroid dienone is 1. The fourth-order valence-corrected chi connectivity index (χ4v) is 4.49. The molecule has 0 atom stereocenters. The van der Waals surface area contributed by atoms with Gasteiger partial charge in [0.15, 0.2) is 5.75 Å². The van der Waals surface area contributed by atoms with E-state index in [1.54, 1.807) is 13.2 Å². The van der Waals surface area contributed by atoms with Gasteiger partial charge in [-0.2, -0.15) is 0 Å². The Hall–Kier alpha value is -2.49. The third-order valence-electron chi connectivity index (χ3n) is 6.86. The second-order valence-electron chi connectivity index (χ2n) is 9.91. The first-order valence-corrected chi connectivity index (χ1v) is 14.3. The molecule has 0 aliphatic rings. The van der Waals surface area contributed by atoms with Crippen LogP contribution in [0.4, 0.5) is 0 Å². The molecule has 1 heterocycles. The van der Waals surface area contributed by atoms with Gasteiger partial charge in [-0.25, -0.2) is 0 Å². The summed E-state index contributed by atoms with van der Waals surface area (Å²) in [6.45, 7) is 4.57. The van der Waals surface area contributed by atoms with Crippen LogP contribution in [0.25, 0.3) is 6.20 Å². The Bertz CT molecular complexity index is 914. The van der Waals surface area contributed by atoms with E-state index in [2.05, 4.69) is 19.2 Å². The van der Waals surface area contributed by atoms with Crippen LogP contribution in [0.5, 0.6) is 11.5 Å². The van der Waals surface area contributed by atoms with Crippen molar-refractivity contribution in [1.29, 1.82) is 0 Å². The third-order valence-corrected chi connectivity index (χ3v) is 6.86. The van der Waals surface area contributed by atoms with E-state index in [4.69, 9.17) is 9.47 Å². The molecule has 4 heteroatoms. The van der Waals surface area contributed by atoms with Crippen molar-refractivity contribution >= 4 is 6.20 Å². The SMILES string of the molecule is CCCCCCCCCCCCCCCCC=Cn1ccc(=O)c(OCc2ccc(OC)cc2)c1C. The summed E-state index contributed by atoms with van der Waals surface area (Å²) < 4.78 is 13.1. The topological polar surface area (TPSA) is 40.5 Å². The average molecular weight is 496 g/mol. The average Bonchev–Trinajstić information content (AvgIpc) is 2.89. The molecule has 2 rings (SSSR count). The highest BCUT2D eigenvalue weighted by Gasteiger charge is 2.08. The van der Waals surface area contributed by atoms with Crippen molar-refractivity contribution in [2.45, 2.75) is 117 Å². The molecule has 0 saturated carbocycles. The molecule has 0 radical (unpaired) electrons. The van der Waals surface area contributed by atoms with Gasteiger partial charge in [0.25, 0.3) is 0 Å². The molecule has 200 valence electrons. The molecule has 4 nitrogen and oxygen atoms in total. The Kier molecular flexibility index (Phi) is 15.5. The minimum Gasteiger partial charge on any atom is -0.497 e. The lowest BCUT2D eigenvalue weighted by Gasteiger charge is -2.12. The normalized spacial score (nSPS) is 11.3. The highest BCUT2D eigenvalue weighted by Crippen LogP contribution is 2.17. The zero-order chi connectivity index (χ0) is 25.8. The summed E-state index contributed by atoms with van der Waals surface area (Å²) in [7, 11) is 1.65. The Labute approximate surface area is 219 Å². The fourth-order valence-electron chi connectivity index (χ4n) is 4.49. The Morgan fingerprint density at radius 3 is 1.89 bits per heavy atom. The van der Waals surface area contributed by atoms with Gasteiger partial charge in [-0.15, -0.1) is 0 Å². The number of pyridine rings is 1. The van der Waals surface area contributed by atoms with E-state index in [1.807, 2.05) is 42.0 Å². The maximum atomic E-state index is 12.4. The van der Waals surface area contributed by atoms with Gasteiger partial charge in [-0.3, -0.25) is 4.79 Å². The van der Waals surface area contributed by atoms with E-state index in [1.165, 1.54) is 89.9 Å². The van der Waals surface area contributed by atoms with Gasteiger partial charge in [-0.1, -0.05) is 109 Å². The van der Waals surface area contributed by atoms with Crippen LogP contribution in [-0.4, -0.2) is 11.7 Å². The predicted molar refractivity (Wildman–Crippen MR) is 153 cm³/mol. The molecule has 0 saturated heterocycles. The highest BCUT2D eigenvalue weighted by atomic mass is 16.5. The number of nitrogens with zero attached hydrogens (tertiary/aromatic N) is 1. The first-order valence-electron chi connectivity index (χ1n) is 14.3. The fraction of sp³-hybridized carbons (Fsp3) is 0.594. The molecule has 0 spiro atoms. The van der Waals surface area contributed by atoms with E-state index in [9.17, 15) is 4.79 Å². The molecule has 0 unspecified atom stereocenters. The number of hydrogen-bond donors (Lipinski definition) is 0. The van der Waals surface area contributed by atoms with Crippen molar-refractivity contribution < 1.29 is 9.47 Å². The van der Waals surface area contributed by atoms with Crippen LogP contribution in [0.3, 0.4) is 0 Å². The molecule has 0 bridgehead atoms. The molecule has 0 amide bonds. The molecule has 1 aromatic heterocycles. The van der Waals surface area contributed by atoms with Crippen molar-refractivity contribution in [3.8, 4) is 11.5 Å². The molecule has 36 heavy (non-hydrogen) atoms. The van der Waals surface area contributed by atoms with Gasteiger partial charge in [-0.05, 0) is 37.5 Å². The quantitative estimate of drug-likeness (QED) is 0.172. The summed E-state index contributed by atoms with van der Waals surface area (Å²) >= 11 is 0. The minimum absolute atomic E-state index is 0.0855. The van der Waals surface area contributed by atoms with Gasteiger partial charge in [0.1, 0.15) is 12.4 Å². The van der Waals surface area contributed by atoms with E-state index < -0.39 is 0 Å². The summed E-state index contributed by atoms with van der Waals surface area (Å²) in [5.41, 5.74) is 1.74. The Morgan fingerprint density at radius 2 is 1.33 bits per heavy atom. The second kappa shape index (κ2) is 18.7. The first-order chi connectivity index (χ1) is 17.7. The first kappa shape index (κ1) is 29.7. The van der Waals surface area contributed by atoms with E-state index in [-0.39, 0.29) is 5.43 Å². The molecule has 2 aromatic rings. The zero-order valence-electron chi connectivity index (χ0n) is 23.1. The van der Waals surface area contributed by atoms with Crippen LogP contribution in [0.2, 0.25) is 0 Å². The van der Waals surface area contributed by atoms with Gasteiger partial charge < -0.3 is 14.0 Å². The van der Waals surface area contributed by atoms with Crippen LogP contribution >= 0.6 is 0 Å². The lowest BCUT2D eigenvalue weighted by Crippen LogP contribution is -2.12. The number of benzene rings is 1. The van der Waals surface area contributed by atoms with Gasteiger partial charge in [0, 0.05) is 18.5 Å². The molecular weight excluding hydrogens is 446 g/mol. The summed E-state index contributed by atoms with van der Waals surface area (Å²) in [6, 6.07) is 9.27. The van der Waals surface area contributed by atoms with Crippen molar-refractivity contribution in [3.05, 3.63) is 64.1 Å². The summed E-state index contributed by atoms with van der Waals surface area (Å²) in [5, 5.41) is 0. The van der Waals surface area contributed by atoms with E-state index >= 15 is 0 Å². The van der Waals surface area contributed by atoms with E-state index in [0.29, 0.717) is 12.4 Å². The number of unbranched alkanes of at least 4 members (excludes halogenated alkanes) is 14. The number of methoxy groups -OCH3 is 1. The van der Waals surface area contributed by atoms with E-state index in [0.717, 1.165) is 23.4 Å². The predicted octanol–water partition coefficient (Wildman–Crippen LogP) is 9.09. The van der Waals surface area contributed by atoms with Gasteiger partial charge in [0.2, 0.25) is 5.43 Å². The molecule has 0 aliphatic heterocycles. The summed E-state index contributed by atoms with van der Waals surface area (Å²) in [4.78, 5) is 12.4. The number of aromatic nitrogens is 1. The third kappa shape index (κ3) is 12.0. The molecular formula is C32H49NO3. The Balaban J connectivity index is 1.59. The lowest BCUT2D eigenvalue weighted by molar-refractivity contribution is 0.298. The molecule has 1 aromatic carbocycles. The van der Waals surface area contributed by atoms with Crippen LogP contribution in [-0.2, 0) is 6.61 Å². The second-order valence-corrected chi connectivity index (χ2v) is 9.91. The monoisotopic (exact) mass is 495 g/mol.